The molecule has 2 saturated heterocycles. The van der Waals surface area contributed by atoms with Gasteiger partial charge in [0.15, 0.2) is 11.6 Å². The van der Waals surface area contributed by atoms with E-state index in [4.69, 9.17) is 51.1 Å². The Morgan fingerprint density at radius 2 is 1.27 bits per heavy atom. The van der Waals surface area contributed by atoms with E-state index >= 15 is 0 Å². The summed E-state index contributed by atoms with van der Waals surface area (Å²) >= 11 is 14.0. The van der Waals surface area contributed by atoms with E-state index in [1.165, 1.54) is 0 Å². The Morgan fingerprint density at radius 3 is 1.82 bits per heavy atom. The molecule has 0 radical (unpaired) electrons. The number of hydrogen-bond donors (Lipinski definition) is 7. The van der Waals surface area contributed by atoms with Crippen LogP contribution in [0.3, 0.4) is 0 Å². The summed E-state index contributed by atoms with van der Waals surface area (Å²) in [6.45, 7) is 2.17. The lowest BCUT2D eigenvalue weighted by Gasteiger charge is -2.39. The summed E-state index contributed by atoms with van der Waals surface area (Å²) in [5.74, 6) is 0.556. The highest BCUT2D eigenvalue weighted by atomic mass is 35.5. The zero-order valence-electron chi connectivity index (χ0n) is 24.6. The zero-order valence-corrected chi connectivity index (χ0v) is 26.1. The highest BCUT2D eigenvalue weighted by Crippen LogP contribution is 2.44. The van der Waals surface area contributed by atoms with Crippen molar-refractivity contribution >= 4 is 68.6 Å². The lowest BCUT2D eigenvalue weighted by atomic mass is 10.0. The van der Waals surface area contributed by atoms with Crippen LogP contribution in [-0.2, 0) is 0 Å². The maximum atomic E-state index is 13.0. The average Bonchev–Trinajstić information content (AvgIpc) is 2.99. The number of nitrogens with one attached hydrogen (secondary N) is 2. The highest BCUT2D eigenvalue weighted by Gasteiger charge is 2.31. The second-order valence-corrected chi connectivity index (χ2v) is 12.7. The van der Waals surface area contributed by atoms with Gasteiger partial charge in [0.05, 0.1) is 11.3 Å². The molecule has 4 aromatic rings. The zero-order chi connectivity index (χ0) is 31.8. The summed E-state index contributed by atoms with van der Waals surface area (Å²) < 4.78 is 0. The number of halogens is 2. The van der Waals surface area contributed by atoms with Crippen LogP contribution in [0.25, 0.3) is 10.8 Å². The van der Waals surface area contributed by atoms with Crippen LogP contribution in [0.1, 0.15) is 23.2 Å². The second-order valence-electron chi connectivity index (χ2n) is 11.9. The number of amides is 1. The van der Waals surface area contributed by atoms with Crippen molar-refractivity contribution in [1.82, 2.24) is 4.98 Å². The number of pyridine rings is 1. The Labute approximate surface area is 271 Å². The molecule has 0 saturated carbocycles. The third-order valence-corrected chi connectivity index (χ3v) is 8.95. The topological polar surface area (TPSA) is 185 Å². The van der Waals surface area contributed by atoms with Gasteiger partial charge in [0.2, 0.25) is 0 Å². The highest BCUT2D eigenvalue weighted by molar-refractivity contribution is 6.42. The van der Waals surface area contributed by atoms with Crippen LogP contribution in [0.4, 0.5) is 28.7 Å². The molecule has 2 aliphatic rings. The minimum Gasteiger partial charge on any atom is -0.506 e. The largest absolute Gasteiger partial charge is 0.506 e. The monoisotopic (exact) mass is 649 g/mol. The molecule has 1 aromatic heterocycles. The van der Waals surface area contributed by atoms with Gasteiger partial charge in [0.25, 0.3) is 5.91 Å². The van der Waals surface area contributed by atoms with E-state index in [0.29, 0.717) is 83.2 Å². The predicted octanol–water partition coefficient (Wildman–Crippen LogP) is 3.97. The van der Waals surface area contributed by atoms with Crippen LogP contribution in [0.2, 0.25) is 10.0 Å². The molecule has 236 valence electrons. The predicted molar refractivity (Wildman–Crippen MR) is 183 cm³/mol. The van der Waals surface area contributed by atoms with Gasteiger partial charge in [-0.05, 0) is 48.6 Å². The molecule has 6 rings (SSSR count). The van der Waals surface area contributed by atoms with Gasteiger partial charge in [-0.1, -0.05) is 53.5 Å². The third-order valence-electron chi connectivity index (χ3n) is 8.23. The van der Waals surface area contributed by atoms with Gasteiger partial charge in [0, 0.05) is 67.1 Å². The molecule has 1 amide bonds. The van der Waals surface area contributed by atoms with Crippen LogP contribution < -0.4 is 43.4 Å². The SMILES string of the molecule is N[C@@H]1C[C@H](N)CN(c2nc(N3C[C@H](N)C[C@H](N)C3)c(Cl)c(Nc3ccc(NC(=O)c4ccc5ccccc5c4O)cc3)c2Cl)C1. The van der Waals surface area contributed by atoms with Crippen LogP contribution in [0, 0.1) is 0 Å². The summed E-state index contributed by atoms with van der Waals surface area (Å²) in [4.78, 5) is 22.0. The number of phenols is 1. The first-order chi connectivity index (χ1) is 21.6. The Balaban J connectivity index is 1.28. The fraction of sp³-hybridized carbons (Fsp3) is 0.312. The average molecular weight is 651 g/mol. The lowest BCUT2D eigenvalue weighted by molar-refractivity contribution is 0.102. The number of anilines is 5. The molecule has 3 aromatic carbocycles. The van der Waals surface area contributed by atoms with Gasteiger partial charge in [-0.2, -0.15) is 0 Å². The summed E-state index contributed by atoms with van der Waals surface area (Å²) in [7, 11) is 0. The van der Waals surface area contributed by atoms with Crippen molar-refractivity contribution in [2.45, 2.75) is 37.0 Å². The molecule has 0 spiro atoms. The standard InChI is InChI=1S/C32H37Cl2N9O2/c33-26-28(27(34)31(43-15-20(37)12-21(38)16-43)41-30(26)42-13-18(35)11-19(36)14-42)39-22-6-8-23(9-7-22)40-32(45)25-10-5-17-3-1-2-4-24(17)29(25)44/h1-10,18-21,44H,11-16,35-38H2,(H,39,41)(H,40,45)/t18-,19+,20-,21+. The van der Waals surface area contributed by atoms with E-state index in [2.05, 4.69) is 10.6 Å². The van der Waals surface area contributed by atoms with Gasteiger partial charge in [0.1, 0.15) is 15.8 Å². The molecule has 13 heteroatoms. The quantitative estimate of drug-likeness (QED) is 0.161. The van der Waals surface area contributed by atoms with Crippen molar-refractivity contribution in [1.29, 1.82) is 0 Å². The molecule has 2 aliphatic heterocycles. The Kier molecular flexibility index (Phi) is 8.91. The molecule has 4 atom stereocenters. The van der Waals surface area contributed by atoms with E-state index in [0.717, 1.165) is 5.39 Å². The number of benzene rings is 3. The summed E-state index contributed by atoms with van der Waals surface area (Å²) in [6.07, 6.45) is 1.41. The first-order valence-corrected chi connectivity index (χ1v) is 15.6. The Bertz CT molecular complexity index is 1650. The van der Waals surface area contributed by atoms with E-state index in [-0.39, 0.29) is 35.5 Å². The molecule has 3 heterocycles. The Hall–Kier alpha value is -3.84. The van der Waals surface area contributed by atoms with E-state index in [9.17, 15) is 9.90 Å². The number of aromatic hydroxyl groups is 1. The van der Waals surface area contributed by atoms with Crippen molar-refractivity contribution in [2.75, 3.05) is 46.6 Å². The number of phenolic OH excluding ortho intramolecular Hbond substituents is 1. The molecular weight excluding hydrogens is 613 g/mol. The maximum Gasteiger partial charge on any atom is 0.259 e. The number of rotatable bonds is 6. The van der Waals surface area contributed by atoms with Crippen molar-refractivity contribution in [3.63, 3.8) is 0 Å². The minimum absolute atomic E-state index is 0.0660. The molecule has 45 heavy (non-hydrogen) atoms. The van der Waals surface area contributed by atoms with Crippen LogP contribution in [-0.4, -0.2) is 66.3 Å². The van der Waals surface area contributed by atoms with Gasteiger partial charge in [-0.3, -0.25) is 4.79 Å². The molecule has 0 aliphatic carbocycles. The summed E-state index contributed by atoms with van der Waals surface area (Å²) in [6, 6.07) is 17.3. The van der Waals surface area contributed by atoms with Crippen molar-refractivity contribution in [3.8, 4) is 5.75 Å². The minimum atomic E-state index is -0.427. The fourth-order valence-electron chi connectivity index (χ4n) is 6.17. The molecule has 2 fully saturated rings. The molecule has 11 N–H and O–H groups in total. The number of fused-ring (bicyclic) bond motifs is 1. The Morgan fingerprint density at radius 1 is 0.756 bits per heavy atom. The fourth-order valence-corrected chi connectivity index (χ4v) is 6.82. The molecule has 0 bridgehead atoms. The number of piperidine rings is 2. The normalized spacial score (nSPS) is 22.0. The van der Waals surface area contributed by atoms with E-state index in [1.54, 1.807) is 42.5 Å². The summed E-state index contributed by atoms with van der Waals surface area (Å²) in [5, 5.41) is 19.0. The number of nitrogens with two attached hydrogens (primary N) is 4. The number of carbonyl (C=O) groups is 1. The van der Waals surface area contributed by atoms with Crippen molar-refractivity contribution in [3.05, 3.63) is 76.3 Å². The van der Waals surface area contributed by atoms with Gasteiger partial charge in [-0.25, -0.2) is 4.98 Å². The van der Waals surface area contributed by atoms with E-state index in [1.807, 2.05) is 28.0 Å². The number of hydrogen-bond acceptors (Lipinski definition) is 10. The third kappa shape index (κ3) is 6.60. The number of nitrogens with zero attached hydrogens (tertiary/aromatic N) is 3. The van der Waals surface area contributed by atoms with Crippen molar-refractivity contribution in [2.24, 2.45) is 22.9 Å². The second kappa shape index (κ2) is 12.9. The molecule has 0 unspecified atom stereocenters. The lowest BCUT2D eigenvalue weighted by Crippen LogP contribution is -2.53. The van der Waals surface area contributed by atoms with Crippen LogP contribution in [0.15, 0.2) is 60.7 Å². The van der Waals surface area contributed by atoms with E-state index < -0.39 is 5.91 Å². The van der Waals surface area contributed by atoms with Gasteiger partial charge < -0.3 is 48.5 Å². The van der Waals surface area contributed by atoms with Gasteiger partial charge >= 0.3 is 0 Å². The number of aromatic nitrogens is 1. The molecule has 11 nitrogen and oxygen atoms in total. The van der Waals surface area contributed by atoms with Crippen LogP contribution in [0.5, 0.6) is 5.75 Å². The first-order valence-electron chi connectivity index (χ1n) is 14.9. The van der Waals surface area contributed by atoms with Crippen LogP contribution >= 0.6 is 23.2 Å². The smallest absolute Gasteiger partial charge is 0.259 e. The maximum absolute atomic E-state index is 13.0. The molecular formula is C32H37Cl2N9O2. The first kappa shape index (κ1) is 31.2. The van der Waals surface area contributed by atoms with Gasteiger partial charge in [-0.15, -0.1) is 0 Å². The van der Waals surface area contributed by atoms with Crippen molar-refractivity contribution < 1.29 is 9.90 Å². The summed E-state index contributed by atoms with van der Waals surface area (Å²) in [5.41, 5.74) is 27.1. The number of carbonyl (C=O) groups excluding carboxylic acids is 1.